The Balaban J connectivity index is -0.0000000855. The van der Waals surface area contributed by atoms with Gasteiger partial charge in [0.15, 0.2) is 0 Å². The van der Waals surface area contributed by atoms with Gasteiger partial charge in [-0.25, -0.2) is 0 Å². The maximum Gasteiger partial charge on any atom is 0.318 e. The first kappa shape index (κ1) is 25.8. The molecule has 0 unspecified atom stereocenters. The van der Waals surface area contributed by atoms with Crippen molar-refractivity contribution < 1.29 is 19.8 Å². The zero-order chi connectivity index (χ0) is 14.1. The monoisotopic (exact) mass is 288 g/mol. The third-order valence-corrected chi connectivity index (χ3v) is 1.11. The number of alkyl halides is 1. The van der Waals surface area contributed by atoms with Crippen molar-refractivity contribution in [3.63, 3.8) is 0 Å². The molecule has 0 aliphatic carbocycles. The van der Waals surface area contributed by atoms with Crippen molar-refractivity contribution in [3.8, 4) is 0 Å². The number of aliphatic carboxylic acids is 2. The van der Waals surface area contributed by atoms with E-state index in [1.807, 2.05) is 0 Å². The van der Waals surface area contributed by atoms with E-state index in [4.69, 9.17) is 39.0 Å². The van der Waals surface area contributed by atoms with E-state index in [1.165, 1.54) is 0 Å². The van der Waals surface area contributed by atoms with Gasteiger partial charge >= 0.3 is 11.9 Å². The molecule has 0 atom stereocenters. The fourth-order valence-electron chi connectivity index (χ4n) is 0.297. The van der Waals surface area contributed by atoms with Crippen molar-refractivity contribution in [1.82, 2.24) is 5.32 Å². The first-order valence-corrected chi connectivity index (χ1v) is 5.30. The van der Waals surface area contributed by atoms with E-state index in [0.717, 1.165) is 0 Å². The quantitative estimate of drug-likeness (QED) is 0.253. The van der Waals surface area contributed by atoms with Crippen LogP contribution in [0.25, 0.3) is 0 Å². The minimum Gasteiger partial charge on any atom is -0.480 e. The molecule has 0 aromatic rings. The zero-order valence-corrected chi connectivity index (χ0v) is 10.3. The minimum atomic E-state index is -0.980. The fraction of sp³-hybridized carbons (Fsp3) is 0.778. The number of carboxylic acids is 2. The van der Waals surface area contributed by atoms with Gasteiger partial charge in [-0.3, -0.25) is 9.59 Å². The summed E-state index contributed by atoms with van der Waals surface area (Å²) in [6.07, 6.45) is 0. The van der Waals surface area contributed by atoms with E-state index in [2.05, 4.69) is 5.32 Å². The van der Waals surface area contributed by atoms with Gasteiger partial charge in [-0.15, -0.1) is 11.6 Å². The Morgan fingerprint density at radius 2 is 1.39 bits per heavy atom. The molecule has 0 rings (SSSR count). The summed E-state index contributed by atoms with van der Waals surface area (Å²) in [7, 11) is 0. The van der Waals surface area contributed by atoms with E-state index >= 15 is 0 Å². The second-order valence-electron chi connectivity index (χ2n) is 2.46. The van der Waals surface area contributed by atoms with Gasteiger partial charge in [0.05, 0.1) is 6.54 Å². The topological polar surface area (TPSA) is 165 Å². The Bertz CT molecular complexity index is 182. The molecule has 0 aromatic carbocycles. The minimum absolute atomic E-state index is 0. The van der Waals surface area contributed by atoms with Crippen LogP contribution in [-0.2, 0) is 9.59 Å². The number of halogens is 1. The molecular formula is C9H25ClN4O4. The van der Waals surface area contributed by atoms with Gasteiger partial charge in [0.25, 0.3) is 0 Å². The second kappa shape index (κ2) is 25.1. The van der Waals surface area contributed by atoms with Crippen LogP contribution < -0.4 is 22.5 Å². The van der Waals surface area contributed by atoms with Crippen LogP contribution in [0.3, 0.4) is 0 Å². The Hall–Kier alpha value is -0.930. The van der Waals surface area contributed by atoms with Crippen molar-refractivity contribution in [2.75, 3.05) is 38.6 Å². The molecule has 0 radical (unpaired) electrons. The van der Waals surface area contributed by atoms with Gasteiger partial charge in [-0.2, -0.15) is 0 Å². The predicted octanol–water partition coefficient (Wildman–Crippen LogP) is -1.53. The summed E-state index contributed by atoms with van der Waals surface area (Å²) in [5.74, 6) is -2.13. The van der Waals surface area contributed by atoms with Crippen LogP contribution in [0.15, 0.2) is 0 Å². The van der Waals surface area contributed by atoms with Crippen LogP contribution >= 0.6 is 11.6 Å². The molecule has 9 N–H and O–H groups in total. The van der Waals surface area contributed by atoms with Crippen LogP contribution in [0, 0.1) is 0 Å². The van der Waals surface area contributed by atoms with Crippen LogP contribution in [0.5, 0.6) is 0 Å². The average Bonchev–Trinajstić information content (AvgIpc) is 2.30. The van der Waals surface area contributed by atoms with Gasteiger partial charge < -0.3 is 32.7 Å². The highest BCUT2D eigenvalue weighted by Crippen LogP contribution is 1.67. The first-order valence-electron chi connectivity index (χ1n) is 4.76. The Morgan fingerprint density at radius 3 is 1.56 bits per heavy atom. The van der Waals surface area contributed by atoms with Gasteiger partial charge in [0.2, 0.25) is 0 Å². The predicted molar refractivity (Wildman–Crippen MR) is 72.8 cm³/mol. The lowest BCUT2D eigenvalue weighted by atomic mass is 10.6. The van der Waals surface area contributed by atoms with Gasteiger partial charge in [0, 0.05) is 26.2 Å². The van der Waals surface area contributed by atoms with Crippen LogP contribution in [0.1, 0.15) is 7.43 Å². The fourth-order valence-corrected chi connectivity index (χ4v) is 0.297. The summed E-state index contributed by atoms with van der Waals surface area (Å²) in [5.41, 5.74) is 14.9. The molecule has 0 aliphatic rings. The number of hydrogen-bond acceptors (Lipinski definition) is 6. The van der Waals surface area contributed by atoms with E-state index in [9.17, 15) is 9.59 Å². The molecule has 0 saturated carbocycles. The third-order valence-electron chi connectivity index (χ3n) is 0.878. The number of carboxylic acid groups (broad SMARTS) is 2. The van der Waals surface area contributed by atoms with Gasteiger partial charge in [-0.1, -0.05) is 7.43 Å². The zero-order valence-electron chi connectivity index (χ0n) is 9.56. The SMILES string of the molecule is C.NCCN.NCCNCC(=O)O.O=C(O)CCl. The lowest BCUT2D eigenvalue weighted by molar-refractivity contribution is -0.136. The summed E-state index contributed by atoms with van der Waals surface area (Å²) in [6.45, 7) is 2.23. The molecule has 18 heavy (non-hydrogen) atoms. The summed E-state index contributed by atoms with van der Waals surface area (Å²) >= 11 is 4.74. The number of nitrogens with two attached hydrogens (primary N) is 3. The summed E-state index contributed by atoms with van der Waals surface area (Å²) in [4.78, 5) is 19.0. The molecule has 0 saturated heterocycles. The smallest absolute Gasteiger partial charge is 0.318 e. The van der Waals surface area contributed by atoms with Crippen molar-refractivity contribution in [1.29, 1.82) is 0 Å². The molecule has 0 aromatic heterocycles. The Kier molecular flexibility index (Phi) is 35.9. The van der Waals surface area contributed by atoms with Crippen LogP contribution in [-0.4, -0.2) is 60.8 Å². The van der Waals surface area contributed by atoms with Crippen LogP contribution in [0.2, 0.25) is 0 Å². The van der Waals surface area contributed by atoms with E-state index < -0.39 is 11.9 Å². The first-order chi connectivity index (χ1) is 7.95. The molecule has 0 spiro atoms. The van der Waals surface area contributed by atoms with Crippen molar-refractivity contribution in [2.45, 2.75) is 7.43 Å². The molecule has 0 amide bonds. The van der Waals surface area contributed by atoms with Crippen LogP contribution in [0.4, 0.5) is 0 Å². The van der Waals surface area contributed by atoms with Gasteiger partial charge in [0.1, 0.15) is 5.88 Å². The summed E-state index contributed by atoms with van der Waals surface area (Å²) in [6, 6.07) is 0. The summed E-state index contributed by atoms with van der Waals surface area (Å²) < 4.78 is 0. The average molecular weight is 289 g/mol. The highest BCUT2D eigenvalue weighted by Gasteiger charge is 1.90. The molecule has 8 nitrogen and oxygen atoms in total. The van der Waals surface area contributed by atoms with Crippen molar-refractivity contribution in [3.05, 3.63) is 0 Å². The van der Waals surface area contributed by atoms with Crippen molar-refractivity contribution >= 4 is 23.5 Å². The summed E-state index contributed by atoms with van der Waals surface area (Å²) in [5, 5.41) is 18.2. The largest absolute Gasteiger partial charge is 0.480 e. The highest BCUT2D eigenvalue weighted by atomic mass is 35.5. The molecule has 0 aliphatic heterocycles. The molecule has 0 heterocycles. The molecule has 0 fully saturated rings. The highest BCUT2D eigenvalue weighted by molar-refractivity contribution is 6.26. The Labute approximate surface area is 112 Å². The standard InChI is InChI=1S/C4H10N2O2.C2H3ClO2.C2H8N2.CH4/c5-1-2-6-3-4(7)8;3-1-2(4)5;3-1-2-4;/h6H,1-3,5H2,(H,7,8);1H2,(H,4,5);1-4H2;1H4. The lowest BCUT2D eigenvalue weighted by Gasteiger charge is -1.94. The van der Waals surface area contributed by atoms with Crippen molar-refractivity contribution in [2.24, 2.45) is 17.2 Å². The normalized spacial score (nSPS) is 7.78. The Morgan fingerprint density at radius 1 is 1.00 bits per heavy atom. The third kappa shape index (κ3) is 59.7. The van der Waals surface area contributed by atoms with Gasteiger partial charge in [-0.05, 0) is 0 Å². The second-order valence-corrected chi connectivity index (χ2v) is 2.73. The van der Waals surface area contributed by atoms with E-state index in [-0.39, 0.29) is 19.9 Å². The molecule has 9 heteroatoms. The number of hydrogen-bond donors (Lipinski definition) is 6. The number of carbonyl (C=O) groups is 2. The number of rotatable bonds is 6. The maximum atomic E-state index is 9.77. The maximum absolute atomic E-state index is 9.77. The molecular weight excluding hydrogens is 264 g/mol. The van der Waals surface area contributed by atoms with E-state index in [0.29, 0.717) is 26.2 Å². The number of nitrogens with one attached hydrogen (secondary N) is 1. The van der Waals surface area contributed by atoms with E-state index in [1.54, 1.807) is 0 Å². The molecule has 0 bridgehead atoms. The lowest BCUT2D eigenvalue weighted by Crippen LogP contribution is -2.27. The molecule has 112 valence electrons.